The topological polar surface area (TPSA) is 147 Å². The summed E-state index contributed by atoms with van der Waals surface area (Å²) in [4.78, 5) is 25.7. The summed E-state index contributed by atoms with van der Waals surface area (Å²) in [5, 5.41) is 19.7. The summed E-state index contributed by atoms with van der Waals surface area (Å²) in [6, 6.07) is 7.74. The molecule has 1 amide bonds. The van der Waals surface area contributed by atoms with E-state index < -0.39 is 23.6 Å². The molecule has 1 aliphatic rings. The molecule has 0 spiro atoms. The van der Waals surface area contributed by atoms with Crippen LogP contribution in [0.2, 0.25) is 0 Å². The van der Waals surface area contributed by atoms with E-state index in [-0.39, 0.29) is 46.5 Å². The smallest absolute Gasteiger partial charge is 0.336 e. The van der Waals surface area contributed by atoms with E-state index in [1.54, 1.807) is 13.0 Å². The molecule has 0 fully saturated rings. The Morgan fingerprint density at radius 3 is 2.71 bits per heavy atom. The van der Waals surface area contributed by atoms with Gasteiger partial charge in [-0.1, -0.05) is 18.2 Å². The van der Waals surface area contributed by atoms with Gasteiger partial charge in [0.15, 0.2) is 0 Å². The van der Waals surface area contributed by atoms with Crippen LogP contribution in [0.25, 0.3) is 0 Å². The Morgan fingerprint density at radius 1 is 1.39 bits per heavy atom. The minimum absolute atomic E-state index is 0.00512. The lowest BCUT2D eigenvalue weighted by atomic mass is 9.81. The Balaban J connectivity index is 2.29. The third kappa shape index (κ3) is 3.83. The molecular formula is C20H19FN6O4. The summed E-state index contributed by atoms with van der Waals surface area (Å²) in [7, 11) is 0. The minimum Gasteiger partial charge on any atom is -0.463 e. The monoisotopic (exact) mass is 426 g/mol. The SMILES string of the molecule is CCOC(=O)C1=C(C)N(c2nonc2NC(C)=O)C(N)=C(C#N)[C@H]1c1ccccc1F. The fourth-order valence-electron chi connectivity index (χ4n) is 3.39. The van der Waals surface area contributed by atoms with E-state index in [1.165, 1.54) is 36.9 Å². The summed E-state index contributed by atoms with van der Waals surface area (Å²) in [5.74, 6) is -3.16. The average Bonchev–Trinajstić information content (AvgIpc) is 3.15. The fourth-order valence-corrected chi connectivity index (χ4v) is 3.39. The van der Waals surface area contributed by atoms with Crippen molar-refractivity contribution in [2.24, 2.45) is 5.73 Å². The zero-order chi connectivity index (χ0) is 22.7. The van der Waals surface area contributed by atoms with Crippen molar-refractivity contribution in [1.82, 2.24) is 10.3 Å². The second kappa shape index (κ2) is 8.66. The standard InChI is InChI=1S/C20H19FN6O4/c1-4-30-20(29)15-10(2)27(19-18(24-11(3)28)25-31-26-19)17(23)13(9-22)16(15)12-7-5-6-8-14(12)21/h5-8,16H,4,23H2,1-3H3,(H,24,25,28)/t16-/m1/s1. The highest BCUT2D eigenvalue weighted by Crippen LogP contribution is 2.44. The first-order valence-corrected chi connectivity index (χ1v) is 9.24. The Kier molecular flexibility index (Phi) is 6.01. The molecule has 2 aromatic rings. The van der Waals surface area contributed by atoms with Crippen molar-refractivity contribution in [2.75, 3.05) is 16.8 Å². The number of ether oxygens (including phenoxy) is 1. The number of carbonyl (C=O) groups is 2. The number of allylic oxidation sites excluding steroid dienone is 2. The van der Waals surface area contributed by atoms with Crippen LogP contribution in [-0.4, -0.2) is 28.8 Å². The largest absolute Gasteiger partial charge is 0.463 e. The summed E-state index contributed by atoms with van der Waals surface area (Å²) < 4.78 is 24.6. The number of amides is 1. The Labute approximate surface area is 176 Å². The van der Waals surface area contributed by atoms with Crippen molar-refractivity contribution >= 4 is 23.5 Å². The fraction of sp³-hybridized carbons (Fsp3) is 0.250. The van der Waals surface area contributed by atoms with Crippen molar-refractivity contribution < 1.29 is 23.3 Å². The average molecular weight is 426 g/mol. The molecule has 0 unspecified atom stereocenters. The number of nitriles is 1. The van der Waals surface area contributed by atoms with E-state index in [0.717, 1.165) is 0 Å². The van der Waals surface area contributed by atoms with Gasteiger partial charge in [-0.25, -0.2) is 13.8 Å². The highest BCUT2D eigenvalue weighted by Gasteiger charge is 2.41. The Bertz CT molecular complexity index is 1150. The molecule has 1 aliphatic heterocycles. The molecule has 0 saturated carbocycles. The molecule has 1 aromatic heterocycles. The number of anilines is 2. The molecule has 31 heavy (non-hydrogen) atoms. The lowest BCUT2D eigenvalue weighted by molar-refractivity contribution is -0.138. The number of carbonyl (C=O) groups excluding carboxylic acids is 2. The van der Waals surface area contributed by atoms with E-state index in [1.807, 2.05) is 6.07 Å². The van der Waals surface area contributed by atoms with Gasteiger partial charge in [0.2, 0.25) is 17.5 Å². The van der Waals surface area contributed by atoms with Crippen LogP contribution in [-0.2, 0) is 14.3 Å². The van der Waals surface area contributed by atoms with Crippen molar-refractivity contribution in [1.29, 1.82) is 5.26 Å². The number of nitrogens with two attached hydrogens (primary N) is 1. The van der Waals surface area contributed by atoms with E-state index in [4.69, 9.17) is 15.1 Å². The van der Waals surface area contributed by atoms with Crippen LogP contribution in [0.15, 0.2) is 51.6 Å². The van der Waals surface area contributed by atoms with Gasteiger partial charge in [-0.15, -0.1) is 0 Å². The van der Waals surface area contributed by atoms with Gasteiger partial charge in [0, 0.05) is 18.2 Å². The summed E-state index contributed by atoms with van der Waals surface area (Å²) in [6.07, 6.45) is 0. The number of hydrogen-bond donors (Lipinski definition) is 2. The van der Waals surface area contributed by atoms with E-state index >= 15 is 0 Å². The summed E-state index contributed by atoms with van der Waals surface area (Å²) in [5.41, 5.74) is 6.48. The number of rotatable bonds is 5. The van der Waals surface area contributed by atoms with Gasteiger partial charge >= 0.3 is 5.97 Å². The quantitative estimate of drug-likeness (QED) is 0.687. The maximum atomic E-state index is 14.7. The van der Waals surface area contributed by atoms with E-state index in [9.17, 15) is 19.2 Å². The first kappa shape index (κ1) is 21.5. The molecule has 1 aromatic carbocycles. The summed E-state index contributed by atoms with van der Waals surface area (Å²) >= 11 is 0. The van der Waals surface area contributed by atoms with Crippen LogP contribution in [0.1, 0.15) is 32.3 Å². The molecule has 1 atom stereocenters. The normalized spacial score (nSPS) is 16.2. The van der Waals surface area contributed by atoms with Crippen LogP contribution in [0.3, 0.4) is 0 Å². The Hall–Kier alpha value is -4.20. The zero-order valence-electron chi connectivity index (χ0n) is 17.0. The molecule has 11 heteroatoms. The molecular weight excluding hydrogens is 407 g/mol. The van der Waals surface area contributed by atoms with Crippen molar-refractivity contribution in [3.05, 3.63) is 58.3 Å². The molecule has 10 nitrogen and oxygen atoms in total. The molecule has 160 valence electrons. The maximum Gasteiger partial charge on any atom is 0.336 e. The third-order valence-electron chi connectivity index (χ3n) is 4.63. The molecule has 3 rings (SSSR count). The highest BCUT2D eigenvalue weighted by atomic mass is 19.1. The number of nitrogens with one attached hydrogen (secondary N) is 1. The number of nitrogens with zero attached hydrogens (tertiary/aromatic N) is 4. The van der Waals surface area contributed by atoms with E-state index in [0.29, 0.717) is 0 Å². The van der Waals surface area contributed by atoms with Gasteiger partial charge in [0.1, 0.15) is 11.6 Å². The van der Waals surface area contributed by atoms with Gasteiger partial charge in [0.25, 0.3) is 0 Å². The number of benzene rings is 1. The van der Waals surface area contributed by atoms with Crippen LogP contribution < -0.4 is 16.0 Å². The maximum absolute atomic E-state index is 14.7. The minimum atomic E-state index is -1.11. The lowest BCUT2D eigenvalue weighted by Gasteiger charge is -2.34. The molecule has 0 bridgehead atoms. The van der Waals surface area contributed by atoms with Crippen LogP contribution >= 0.6 is 0 Å². The van der Waals surface area contributed by atoms with Gasteiger partial charge in [-0.2, -0.15) is 5.26 Å². The molecule has 0 radical (unpaired) electrons. The lowest BCUT2D eigenvalue weighted by Crippen LogP contribution is -2.37. The third-order valence-corrected chi connectivity index (χ3v) is 4.63. The molecule has 0 aliphatic carbocycles. The predicted octanol–water partition coefficient (Wildman–Crippen LogP) is 2.30. The van der Waals surface area contributed by atoms with Crippen molar-refractivity contribution in [3.63, 3.8) is 0 Å². The second-order valence-corrected chi connectivity index (χ2v) is 6.54. The highest BCUT2D eigenvalue weighted by molar-refractivity contribution is 5.96. The van der Waals surface area contributed by atoms with Gasteiger partial charge in [-0.3, -0.25) is 9.69 Å². The van der Waals surface area contributed by atoms with Gasteiger partial charge in [0.05, 0.1) is 29.7 Å². The molecule has 0 saturated heterocycles. The molecule has 2 heterocycles. The predicted molar refractivity (Wildman–Crippen MR) is 106 cm³/mol. The van der Waals surface area contributed by atoms with Gasteiger partial charge in [-0.05, 0) is 30.2 Å². The number of aromatic nitrogens is 2. The van der Waals surface area contributed by atoms with Crippen LogP contribution in [0.4, 0.5) is 16.0 Å². The van der Waals surface area contributed by atoms with Crippen molar-refractivity contribution in [2.45, 2.75) is 26.7 Å². The van der Waals surface area contributed by atoms with Crippen LogP contribution in [0.5, 0.6) is 0 Å². The zero-order valence-corrected chi connectivity index (χ0v) is 17.0. The first-order chi connectivity index (χ1) is 14.8. The molecule has 3 N–H and O–H groups in total. The number of hydrogen-bond acceptors (Lipinski definition) is 9. The number of esters is 1. The number of halogens is 1. The van der Waals surface area contributed by atoms with Crippen molar-refractivity contribution in [3.8, 4) is 6.07 Å². The Morgan fingerprint density at radius 2 is 2.10 bits per heavy atom. The van der Waals surface area contributed by atoms with Crippen LogP contribution in [0, 0.1) is 17.1 Å². The van der Waals surface area contributed by atoms with Gasteiger partial charge < -0.3 is 15.8 Å². The first-order valence-electron chi connectivity index (χ1n) is 9.24. The second-order valence-electron chi connectivity index (χ2n) is 6.54. The van der Waals surface area contributed by atoms with E-state index in [2.05, 4.69) is 15.6 Å². The summed E-state index contributed by atoms with van der Waals surface area (Å²) in [6.45, 7) is 4.48.